The number of nitrogens with zero attached hydrogens (tertiary/aromatic N) is 2. The first kappa shape index (κ1) is 15.7. The van der Waals surface area contributed by atoms with Gasteiger partial charge in [-0.15, -0.1) is 0 Å². The van der Waals surface area contributed by atoms with Crippen molar-refractivity contribution in [3.63, 3.8) is 0 Å². The predicted octanol–water partition coefficient (Wildman–Crippen LogP) is 3.86. The highest BCUT2D eigenvalue weighted by Crippen LogP contribution is 2.27. The van der Waals surface area contributed by atoms with Gasteiger partial charge in [0.15, 0.2) is 5.78 Å². The van der Waals surface area contributed by atoms with Crippen molar-refractivity contribution < 1.29 is 19.7 Å². The van der Waals surface area contributed by atoms with Crippen LogP contribution in [-0.2, 0) is 11.3 Å². The second-order valence-corrected chi connectivity index (χ2v) is 4.70. The summed E-state index contributed by atoms with van der Waals surface area (Å²) in [6, 6.07) is 9.22. The summed E-state index contributed by atoms with van der Waals surface area (Å²) >= 11 is 0. The minimum absolute atomic E-state index is 0.0848. The number of Topliss-reactive ketones (excluding diaryl/α,β-unsaturated/α-hetero) is 1. The molecule has 0 bridgehead atoms. The van der Waals surface area contributed by atoms with Gasteiger partial charge in [-0.25, -0.2) is 0 Å². The van der Waals surface area contributed by atoms with E-state index in [1.54, 1.807) is 18.2 Å². The van der Waals surface area contributed by atoms with E-state index in [0.29, 0.717) is 16.9 Å². The lowest BCUT2D eigenvalue weighted by Crippen LogP contribution is -1.91. The van der Waals surface area contributed by atoms with Gasteiger partial charge in [-0.1, -0.05) is 0 Å². The van der Waals surface area contributed by atoms with E-state index in [0.717, 1.165) is 0 Å². The van der Waals surface area contributed by atoms with E-state index in [-0.39, 0.29) is 29.5 Å². The lowest BCUT2D eigenvalue weighted by atomic mass is 10.1. The molecule has 0 aliphatic carbocycles. The molecule has 0 aromatic heterocycles. The molecular formula is C16H16N2O4. The van der Waals surface area contributed by atoms with Gasteiger partial charge in [0.25, 0.3) is 0 Å². The Kier molecular flexibility index (Phi) is 4.85. The van der Waals surface area contributed by atoms with Crippen LogP contribution in [-0.4, -0.2) is 23.1 Å². The first-order valence-corrected chi connectivity index (χ1v) is 6.58. The van der Waals surface area contributed by atoms with Gasteiger partial charge in [0, 0.05) is 12.7 Å². The standard InChI is InChI=1S/C16H16N2O4/c1-10(19)14-8-13(4-6-16(14)21)18-17-12-3-5-15(20)11(7-12)9-22-2/h3-8,20-21H,9H2,1-2H3. The first-order chi connectivity index (χ1) is 10.5. The van der Waals surface area contributed by atoms with E-state index >= 15 is 0 Å². The zero-order valence-corrected chi connectivity index (χ0v) is 12.3. The Morgan fingerprint density at radius 3 is 2.23 bits per heavy atom. The smallest absolute Gasteiger partial charge is 0.163 e. The zero-order chi connectivity index (χ0) is 16.1. The SMILES string of the molecule is COCc1cc(N=Nc2ccc(O)c(C(C)=O)c2)ccc1O. The molecule has 2 N–H and O–H groups in total. The van der Waals surface area contributed by atoms with Crippen LogP contribution in [0.15, 0.2) is 46.6 Å². The van der Waals surface area contributed by atoms with Crippen molar-refractivity contribution in [1.82, 2.24) is 0 Å². The van der Waals surface area contributed by atoms with Crippen LogP contribution < -0.4 is 0 Å². The Bertz CT molecular complexity index is 726. The third-order valence-electron chi connectivity index (χ3n) is 3.00. The summed E-state index contributed by atoms with van der Waals surface area (Å²) in [5, 5.41) is 27.3. The molecule has 0 aliphatic rings. The van der Waals surface area contributed by atoms with Gasteiger partial charge in [-0.05, 0) is 43.3 Å². The van der Waals surface area contributed by atoms with Crippen LogP contribution in [0.1, 0.15) is 22.8 Å². The number of carbonyl (C=O) groups excluding carboxylic acids is 1. The first-order valence-electron chi connectivity index (χ1n) is 6.58. The summed E-state index contributed by atoms with van der Waals surface area (Å²) < 4.78 is 4.98. The quantitative estimate of drug-likeness (QED) is 0.647. The number of methoxy groups -OCH3 is 1. The summed E-state index contributed by atoms with van der Waals surface area (Å²) in [5.74, 6) is -0.204. The molecule has 0 atom stereocenters. The van der Waals surface area contributed by atoms with E-state index in [1.165, 1.54) is 32.2 Å². The highest BCUT2D eigenvalue weighted by Gasteiger charge is 2.07. The van der Waals surface area contributed by atoms with Gasteiger partial charge in [-0.3, -0.25) is 4.79 Å². The van der Waals surface area contributed by atoms with E-state index in [1.807, 2.05) is 0 Å². The zero-order valence-electron chi connectivity index (χ0n) is 12.3. The van der Waals surface area contributed by atoms with E-state index in [9.17, 15) is 15.0 Å². The van der Waals surface area contributed by atoms with Crippen molar-refractivity contribution in [1.29, 1.82) is 0 Å². The summed E-state index contributed by atoms with van der Waals surface area (Å²) in [5.41, 5.74) is 1.79. The normalized spacial score (nSPS) is 11.0. The monoisotopic (exact) mass is 300 g/mol. The Morgan fingerprint density at radius 1 is 1.05 bits per heavy atom. The van der Waals surface area contributed by atoms with Crippen molar-refractivity contribution in [2.45, 2.75) is 13.5 Å². The number of ketones is 1. The Hall–Kier alpha value is -2.73. The van der Waals surface area contributed by atoms with Crippen molar-refractivity contribution >= 4 is 17.2 Å². The summed E-state index contributed by atoms with van der Waals surface area (Å²) in [4.78, 5) is 11.4. The number of rotatable bonds is 5. The molecule has 0 spiro atoms. The molecule has 22 heavy (non-hydrogen) atoms. The van der Waals surface area contributed by atoms with Crippen LogP contribution in [0.5, 0.6) is 11.5 Å². The Morgan fingerprint density at radius 2 is 1.64 bits per heavy atom. The molecule has 0 aliphatic heterocycles. The highest BCUT2D eigenvalue weighted by atomic mass is 16.5. The van der Waals surface area contributed by atoms with Crippen molar-refractivity contribution in [2.75, 3.05) is 7.11 Å². The van der Waals surface area contributed by atoms with Gasteiger partial charge in [0.1, 0.15) is 11.5 Å². The molecule has 0 fully saturated rings. The van der Waals surface area contributed by atoms with Crippen molar-refractivity contribution in [3.8, 4) is 11.5 Å². The molecule has 6 nitrogen and oxygen atoms in total. The van der Waals surface area contributed by atoms with E-state index in [4.69, 9.17) is 4.74 Å². The largest absolute Gasteiger partial charge is 0.508 e. The number of benzene rings is 2. The van der Waals surface area contributed by atoms with E-state index in [2.05, 4.69) is 10.2 Å². The molecule has 0 unspecified atom stereocenters. The van der Waals surface area contributed by atoms with Crippen LogP contribution in [0.25, 0.3) is 0 Å². The second kappa shape index (κ2) is 6.82. The minimum atomic E-state index is -0.249. The summed E-state index contributed by atoms with van der Waals surface area (Å²) in [6.45, 7) is 1.63. The molecule has 114 valence electrons. The molecule has 0 amide bonds. The fourth-order valence-electron chi connectivity index (χ4n) is 1.89. The third kappa shape index (κ3) is 3.67. The maximum Gasteiger partial charge on any atom is 0.163 e. The van der Waals surface area contributed by atoms with Gasteiger partial charge in [0.05, 0.1) is 23.5 Å². The average Bonchev–Trinajstić information content (AvgIpc) is 2.49. The molecule has 2 aromatic carbocycles. The molecule has 0 saturated heterocycles. The van der Waals surface area contributed by atoms with Crippen molar-refractivity contribution in [3.05, 3.63) is 47.5 Å². The van der Waals surface area contributed by atoms with Gasteiger partial charge in [0.2, 0.25) is 0 Å². The van der Waals surface area contributed by atoms with Crippen LogP contribution in [0, 0.1) is 0 Å². The van der Waals surface area contributed by atoms with Crippen molar-refractivity contribution in [2.24, 2.45) is 10.2 Å². The Balaban J connectivity index is 2.27. The number of phenols is 2. The van der Waals surface area contributed by atoms with Crippen LogP contribution in [0.2, 0.25) is 0 Å². The van der Waals surface area contributed by atoms with E-state index < -0.39 is 0 Å². The predicted molar refractivity (Wildman–Crippen MR) is 81.1 cm³/mol. The number of aromatic hydroxyl groups is 2. The lowest BCUT2D eigenvalue weighted by molar-refractivity contribution is 0.101. The number of phenolic OH excluding ortho intramolecular Hbond substituents is 2. The number of carbonyl (C=O) groups is 1. The molecular weight excluding hydrogens is 284 g/mol. The van der Waals surface area contributed by atoms with Gasteiger partial charge >= 0.3 is 0 Å². The summed E-state index contributed by atoms with van der Waals surface area (Å²) in [6.07, 6.45) is 0. The maximum atomic E-state index is 11.4. The molecule has 0 saturated carbocycles. The number of hydrogen-bond acceptors (Lipinski definition) is 6. The maximum absolute atomic E-state index is 11.4. The van der Waals surface area contributed by atoms with Gasteiger partial charge < -0.3 is 14.9 Å². The third-order valence-corrected chi connectivity index (χ3v) is 3.00. The minimum Gasteiger partial charge on any atom is -0.508 e. The molecule has 2 rings (SSSR count). The van der Waals surface area contributed by atoms with Crippen LogP contribution in [0.4, 0.5) is 11.4 Å². The number of hydrogen-bond donors (Lipinski definition) is 2. The number of ether oxygens (including phenoxy) is 1. The van der Waals surface area contributed by atoms with Gasteiger partial charge in [-0.2, -0.15) is 10.2 Å². The topological polar surface area (TPSA) is 91.5 Å². The molecule has 0 heterocycles. The fourth-order valence-corrected chi connectivity index (χ4v) is 1.89. The fraction of sp³-hybridized carbons (Fsp3) is 0.188. The molecule has 6 heteroatoms. The lowest BCUT2D eigenvalue weighted by Gasteiger charge is -2.04. The molecule has 0 radical (unpaired) electrons. The average molecular weight is 300 g/mol. The van der Waals surface area contributed by atoms with Crippen LogP contribution >= 0.6 is 0 Å². The Labute approximate surface area is 127 Å². The summed E-state index contributed by atoms with van der Waals surface area (Å²) in [7, 11) is 1.54. The molecule has 2 aromatic rings. The number of azo groups is 1. The second-order valence-electron chi connectivity index (χ2n) is 4.70. The highest BCUT2D eigenvalue weighted by molar-refractivity contribution is 5.97. The van der Waals surface area contributed by atoms with Crippen LogP contribution in [0.3, 0.4) is 0 Å².